The van der Waals surface area contributed by atoms with E-state index in [0.29, 0.717) is 46.7 Å². The summed E-state index contributed by atoms with van der Waals surface area (Å²) in [6, 6.07) is 8.72. The Balaban J connectivity index is 1.63. The average molecular weight is 550 g/mol. The van der Waals surface area contributed by atoms with Crippen molar-refractivity contribution in [3.8, 4) is 11.1 Å². The molecule has 0 bridgehead atoms. The summed E-state index contributed by atoms with van der Waals surface area (Å²) < 4.78 is 32.0. The van der Waals surface area contributed by atoms with E-state index in [-0.39, 0.29) is 35.5 Å². The molecule has 0 unspecified atom stereocenters. The first-order chi connectivity index (χ1) is 19.0. The second-order valence-electron chi connectivity index (χ2n) is 11.4. The molecule has 1 aromatic heterocycles. The molecule has 0 aliphatic carbocycles. The van der Waals surface area contributed by atoms with Gasteiger partial charge in [-0.1, -0.05) is 19.9 Å². The van der Waals surface area contributed by atoms with E-state index >= 15 is 8.78 Å². The summed E-state index contributed by atoms with van der Waals surface area (Å²) in [4.78, 5) is 33.8. The summed E-state index contributed by atoms with van der Waals surface area (Å²) in [5.41, 5.74) is 2.95. The molecular weight excluding hydrogens is 512 g/mol. The highest BCUT2D eigenvalue weighted by molar-refractivity contribution is 6.04. The predicted octanol–water partition coefficient (Wildman–Crippen LogP) is 4.88. The molecular formula is C31H37F2N5O2. The number of aromatic amines is 1. The van der Waals surface area contributed by atoms with Crippen molar-refractivity contribution in [2.45, 2.75) is 33.2 Å². The number of nitrogens with one attached hydrogen (secondary N) is 2. The van der Waals surface area contributed by atoms with Crippen molar-refractivity contribution in [3.63, 3.8) is 0 Å². The Labute approximate surface area is 233 Å². The Kier molecular flexibility index (Phi) is 7.68. The first-order valence-corrected chi connectivity index (χ1v) is 13.9. The van der Waals surface area contributed by atoms with Crippen LogP contribution in [0.15, 0.2) is 36.4 Å². The number of anilines is 1. The van der Waals surface area contributed by atoms with Crippen LogP contribution < -0.4 is 10.2 Å². The number of piperazine rings is 1. The maximum absolute atomic E-state index is 16.2. The van der Waals surface area contributed by atoms with Crippen LogP contribution in [0.4, 0.5) is 14.5 Å². The van der Waals surface area contributed by atoms with Gasteiger partial charge in [-0.05, 0) is 54.8 Å². The lowest BCUT2D eigenvalue weighted by molar-refractivity contribution is -0.133. The van der Waals surface area contributed by atoms with Gasteiger partial charge in [-0.2, -0.15) is 0 Å². The Bertz CT molecular complexity index is 1490. The first kappa shape index (κ1) is 27.8. The number of carbonyl (C=O) groups excluding carboxylic acids is 2. The summed E-state index contributed by atoms with van der Waals surface area (Å²) in [6.07, 6.45) is 2.54. The number of hydrogen-bond acceptors (Lipinski definition) is 4. The molecule has 212 valence electrons. The first-order valence-electron chi connectivity index (χ1n) is 13.9. The maximum Gasteiger partial charge on any atom is 0.269 e. The highest BCUT2D eigenvalue weighted by Gasteiger charge is 2.27. The molecule has 9 heteroatoms. The molecule has 0 saturated carbocycles. The Morgan fingerprint density at radius 1 is 1.05 bits per heavy atom. The summed E-state index contributed by atoms with van der Waals surface area (Å²) >= 11 is 0. The van der Waals surface area contributed by atoms with Gasteiger partial charge >= 0.3 is 0 Å². The fraction of sp³-hybridized carbons (Fsp3) is 0.419. The van der Waals surface area contributed by atoms with Gasteiger partial charge in [-0.15, -0.1) is 0 Å². The fourth-order valence-corrected chi connectivity index (χ4v) is 5.65. The number of amides is 2. The number of halogens is 2. The summed E-state index contributed by atoms with van der Waals surface area (Å²) in [5.74, 6) is -1.41. The zero-order chi connectivity index (χ0) is 28.7. The second kappa shape index (κ2) is 11.0. The normalized spacial score (nSPS) is 17.9. The van der Waals surface area contributed by atoms with Gasteiger partial charge in [0.2, 0.25) is 5.91 Å². The Morgan fingerprint density at radius 2 is 1.82 bits per heavy atom. The van der Waals surface area contributed by atoms with Crippen LogP contribution >= 0.6 is 0 Å². The molecule has 7 nitrogen and oxygen atoms in total. The molecule has 2 N–H and O–H groups in total. The van der Waals surface area contributed by atoms with Crippen molar-refractivity contribution in [2.24, 2.45) is 5.92 Å². The monoisotopic (exact) mass is 549 g/mol. The lowest BCUT2D eigenvalue weighted by atomic mass is 9.92. The van der Waals surface area contributed by atoms with E-state index in [2.05, 4.69) is 22.1 Å². The van der Waals surface area contributed by atoms with Crippen LogP contribution in [0.25, 0.3) is 27.6 Å². The molecule has 2 aliphatic rings. The van der Waals surface area contributed by atoms with Crippen LogP contribution in [0.3, 0.4) is 0 Å². The minimum atomic E-state index is -0.520. The summed E-state index contributed by atoms with van der Waals surface area (Å²) in [5, 5.41) is 3.83. The van der Waals surface area contributed by atoms with Gasteiger partial charge in [0.15, 0.2) is 5.82 Å². The zero-order valence-corrected chi connectivity index (χ0v) is 23.8. The van der Waals surface area contributed by atoms with Crippen molar-refractivity contribution in [1.82, 2.24) is 20.1 Å². The third-order valence-corrected chi connectivity index (χ3v) is 7.77. The van der Waals surface area contributed by atoms with Crippen molar-refractivity contribution in [3.05, 3.63) is 59.3 Å². The molecule has 1 fully saturated rings. The quantitative estimate of drug-likeness (QED) is 0.476. The highest BCUT2D eigenvalue weighted by Crippen LogP contribution is 2.38. The van der Waals surface area contributed by atoms with E-state index in [1.807, 2.05) is 26.0 Å². The van der Waals surface area contributed by atoms with E-state index in [1.54, 1.807) is 37.2 Å². The van der Waals surface area contributed by atoms with Gasteiger partial charge in [-0.3, -0.25) is 9.59 Å². The van der Waals surface area contributed by atoms with Gasteiger partial charge in [0.25, 0.3) is 5.91 Å². The number of benzene rings is 2. The van der Waals surface area contributed by atoms with Crippen LogP contribution in [0, 0.1) is 17.6 Å². The van der Waals surface area contributed by atoms with E-state index < -0.39 is 11.6 Å². The van der Waals surface area contributed by atoms with E-state index in [9.17, 15) is 9.59 Å². The third-order valence-electron chi connectivity index (χ3n) is 7.77. The largest absolute Gasteiger partial charge is 0.369 e. The molecule has 5 rings (SSSR count). The zero-order valence-electron chi connectivity index (χ0n) is 23.8. The van der Waals surface area contributed by atoms with Crippen LogP contribution in [-0.4, -0.2) is 79.5 Å². The van der Waals surface area contributed by atoms with Gasteiger partial charge in [0.1, 0.15) is 11.5 Å². The van der Waals surface area contributed by atoms with Crippen LogP contribution in [0.1, 0.15) is 43.2 Å². The van der Waals surface area contributed by atoms with Gasteiger partial charge in [0.05, 0.1) is 5.52 Å². The smallest absolute Gasteiger partial charge is 0.269 e. The van der Waals surface area contributed by atoms with Gasteiger partial charge in [-0.25, -0.2) is 8.78 Å². The van der Waals surface area contributed by atoms with Crippen LogP contribution in [0.2, 0.25) is 0 Å². The van der Waals surface area contributed by atoms with Crippen LogP contribution in [0.5, 0.6) is 0 Å². The standard InChI is InChI=1S/C31H37F2N5O2/c1-18(2)30(39)38-11-6-7-20(17-38)23-14-24(25-15-27(31(40)36(4)5)35-29(25)28(23)33)22-9-8-21(13-26(22)32)37-12-10-34-19(3)16-37/h7-9,13-15,18-19,34-35H,6,10-12,16-17H2,1-5H3/t19-/m0/s1. The molecule has 1 atom stereocenters. The number of H-pyrrole nitrogens is 1. The third kappa shape index (κ3) is 5.22. The molecule has 40 heavy (non-hydrogen) atoms. The molecule has 0 radical (unpaired) electrons. The fourth-order valence-electron chi connectivity index (χ4n) is 5.65. The number of nitrogens with zero attached hydrogens (tertiary/aromatic N) is 3. The minimum absolute atomic E-state index is 0.00918. The van der Waals surface area contributed by atoms with E-state index in [1.165, 1.54) is 11.0 Å². The minimum Gasteiger partial charge on any atom is -0.369 e. The van der Waals surface area contributed by atoms with E-state index in [4.69, 9.17) is 0 Å². The van der Waals surface area contributed by atoms with Crippen LogP contribution in [-0.2, 0) is 4.79 Å². The second-order valence-corrected chi connectivity index (χ2v) is 11.4. The predicted molar refractivity (Wildman–Crippen MR) is 155 cm³/mol. The van der Waals surface area contributed by atoms with E-state index in [0.717, 1.165) is 25.3 Å². The SMILES string of the molecule is CC(C)C(=O)N1CCC=C(c2cc(-c3ccc(N4CCN[C@@H](C)C4)cc3F)c3cc(C(=O)N(C)C)[nH]c3c2F)C1. The number of carbonyl (C=O) groups is 2. The molecule has 3 heterocycles. The maximum atomic E-state index is 16.2. The number of rotatable bonds is 5. The van der Waals surface area contributed by atoms with Gasteiger partial charge in [0, 0.05) is 81.0 Å². The van der Waals surface area contributed by atoms with Gasteiger partial charge < -0.3 is 25.0 Å². The van der Waals surface area contributed by atoms with Crippen molar-refractivity contribution < 1.29 is 18.4 Å². The molecule has 1 saturated heterocycles. The number of fused-ring (bicyclic) bond motifs is 1. The lowest BCUT2D eigenvalue weighted by Crippen LogP contribution is -2.49. The Morgan fingerprint density at radius 3 is 2.50 bits per heavy atom. The lowest BCUT2D eigenvalue weighted by Gasteiger charge is -2.33. The average Bonchev–Trinajstić information content (AvgIpc) is 3.39. The molecule has 2 aliphatic heterocycles. The summed E-state index contributed by atoms with van der Waals surface area (Å²) in [7, 11) is 3.25. The summed E-state index contributed by atoms with van der Waals surface area (Å²) in [6.45, 7) is 9.01. The number of aromatic nitrogens is 1. The highest BCUT2D eigenvalue weighted by atomic mass is 19.1. The van der Waals surface area contributed by atoms with Crippen molar-refractivity contribution >= 4 is 34.0 Å². The topological polar surface area (TPSA) is 71.7 Å². The number of hydrogen-bond donors (Lipinski definition) is 2. The Hall–Kier alpha value is -3.72. The molecule has 0 spiro atoms. The molecule has 2 amide bonds. The molecule has 2 aromatic carbocycles. The van der Waals surface area contributed by atoms with Crippen molar-refractivity contribution in [2.75, 3.05) is 51.7 Å². The molecule has 3 aromatic rings. The van der Waals surface area contributed by atoms with Crippen molar-refractivity contribution in [1.29, 1.82) is 0 Å².